The minimum atomic E-state index is 0.0674. The van der Waals surface area contributed by atoms with Gasteiger partial charge in [0.25, 0.3) is 0 Å². The van der Waals surface area contributed by atoms with E-state index in [9.17, 15) is 5.11 Å². The highest BCUT2D eigenvalue weighted by Crippen LogP contribution is 2.23. The number of aromatic nitrogens is 1. The van der Waals surface area contributed by atoms with Crippen molar-refractivity contribution < 1.29 is 9.84 Å². The molecule has 0 spiro atoms. The van der Waals surface area contributed by atoms with Gasteiger partial charge in [-0.15, -0.1) is 0 Å². The van der Waals surface area contributed by atoms with Crippen LogP contribution in [0.15, 0.2) is 60.7 Å². The molecule has 0 fully saturated rings. The molecule has 0 aliphatic carbocycles. The van der Waals surface area contributed by atoms with Crippen LogP contribution in [0.3, 0.4) is 0 Å². The van der Waals surface area contributed by atoms with Gasteiger partial charge in [-0.05, 0) is 55.3 Å². The Balaban J connectivity index is 1.76. The fraction of sp³-hybridized carbons (Fsp3) is 0.200. The van der Waals surface area contributed by atoms with Crippen LogP contribution in [0.5, 0.6) is 5.75 Å². The van der Waals surface area contributed by atoms with E-state index < -0.39 is 0 Å². The molecule has 3 rings (SSSR count). The Morgan fingerprint density at radius 1 is 0.957 bits per heavy atom. The highest BCUT2D eigenvalue weighted by Gasteiger charge is 2.09. The second kappa shape index (κ2) is 6.71. The van der Waals surface area contributed by atoms with Crippen LogP contribution in [0.25, 0.3) is 5.69 Å². The molecule has 0 bridgehead atoms. The van der Waals surface area contributed by atoms with Gasteiger partial charge in [0.05, 0.1) is 6.61 Å². The Morgan fingerprint density at radius 3 is 2.26 bits per heavy atom. The number of aliphatic hydroxyl groups excluding tert-OH is 1. The van der Waals surface area contributed by atoms with Crippen LogP contribution in [0, 0.1) is 13.8 Å². The molecule has 0 amide bonds. The summed E-state index contributed by atoms with van der Waals surface area (Å²) in [4.78, 5) is 0. The van der Waals surface area contributed by atoms with Crippen molar-refractivity contribution in [2.24, 2.45) is 0 Å². The fourth-order valence-electron chi connectivity index (χ4n) is 2.82. The molecule has 3 aromatic rings. The molecule has 0 radical (unpaired) electrons. The number of aliphatic hydroxyl groups is 1. The number of hydrogen-bond acceptors (Lipinski definition) is 2. The molecule has 0 atom stereocenters. The molecule has 3 heteroatoms. The number of ether oxygens (including phenoxy) is 1. The zero-order valence-corrected chi connectivity index (χ0v) is 13.5. The van der Waals surface area contributed by atoms with Crippen LogP contribution in [-0.4, -0.2) is 9.67 Å². The molecule has 0 unspecified atom stereocenters. The lowest BCUT2D eigenvalue weighted by molar-refractivity contribution is 0.281. The molecule has 0 saturated carbocycles. The maximum Gasteiger partial charge on any atom is 0.119 e. The van der Waals surface area contributed by atoms with Gasteiger partial charge in [-0.25, -0.2) is 0 Å². The lowest BCUT2D eigenvalue weighted by Gasteiger charge is -2.11. The molecule has 0 aliphatic heterocycles. The maximum atomic E-state index is 9.39. The second-order valence-corrected chi connectivity index (χ2v) is 5.66. The van der Waals surface area contributed by atoms with Crippen molar-refractivity contribution in [3.05, 3.63) is 83.2 Å². The summed E-state index contributed by atoms with van der Waals surface area (Å²) in [6, 6.07) is 20.2. The zero-order chi connectivity index (χ0) is 16.2. The molecule has 23 heavy (non-hydrogen) atoms. The van der Waals surface area contributed by atoms with Crippen LogP contribution < -0.4 is 4.74 Å². The summed E-state index contributed by atoms with van der Waals surface area (Å²) < 4.78 is 7.97. The van der Waals surface area contributed by atoms with E-state index in [0.29, 0.717) is 6.61 Å². The minimum absolute atomic E-state index is 0.0674. The molecule has 0 saturated heterocycles. The SMILES string of the molecule is Cc1cc(CO)c(C)n1-c1ccc(OCc2ccccc2)cc1. The second-order valence-electron chi connectivity index (χ2n) is 5.66. The van der Waals surface area contributed by atoms with Crippen molar-refractivity contribution in [2.75, 3.05) is 0 Å². The van der Waals surface area contributed by atoms with E-state index in [1.807, 2.05) is 62.4 Å². The minimum Gasteiger partial charge on any atom is -0.489 e. The number of hydrogen-bond donors (Lipinski definition) is 1. The summed E-state index contributed by atoms with van der Waals surface area (Å²) in [5, 5.41) is 9.39. The first kappa shape index (κ1) is 15.4. The quantitative estimate of drug-likeness (QED) is 0.768. The maximum absolute atomic E-state index is 9.39. The van der Waals surface area contributed by atoms with Crippen LogP contribution >= 0.6 is 0 Å². The third-order valence-corrected chi connectivity index (χ3v) is 4.05. The Hall–Kier alpha value is -2.52. The standard InChI is InChI=1S/C20H21NO2/c1-15-12-18(13-22)16(2)21(15)19-8-10-20(11-9-19)23-14-17-6-4-3-5-7-17/h3-12,22H,13-14H2,1-2H3. The molecule has 2 aromatic carbocycles. The highest BCUT2D eigenvalue weighted by atomic mass is 16.5. The van der Waals surface area contributed by atoms with Crippen molar-refractivity contribution in [3.8, 4) is 11.4 Å². The average Bonchev–Trinajstić information content (AvgIpc) is 2.88. The van der Waals surface area contributed by atoms with E-state index in [1.54, 1.807) is 0 Å². The van der Waals surface area contributed by atoms with Gasteiger partial charge < -0.3 is 14.4 Å². The predicted octanol–water partition coefficient (Wildman–Crippen LogP) is 4.17. The topological polar surface area (TPSA) is 34.4 Å². The van der Waals surface area contributed by atoms with Gasteiger partial charge in [-0.1, -0.05) is 30.3 Å². The lowest BCUT2D eigenvalue weighted by Crippen LogP contribution is -2.00. The first-order valence-electron chi connectivity index (χ1n) is 7.75. The first-order valence-corrected chi connectivity index (χ1v) is 7.75. The van der Waals surface area contributed by atoms with E-state index in [-0.39, 0.29) is 6.61 Å². The molecule has 3 nitrogen and oxygen atoms in total. The zero-order valence-electron chi connectivity index (χ0n) is 13.5. The molecule has 0 aliphatic rings. The van der Waals surface area contributed by atoms with Crippen LogP contribution in [0.2, 0.25) is 0 Å². The van der Waals surface area contributed by atoms with Gasteiger partial charge in [-0.2, -0.15) is 0 Å². The van der Waals surface area contributed by atoms with Crippen LogP contribution in [-0.2, 0) is 13.2 Å². The van der Waals surface area contributed by atoms with Gasteiger partial charge in [0.2, 0.25) is 0 Å². The molecule has 118 valence electrons. The summed E-state index contributed by atoms with van der Waals surface area (Å²) >= 11 is 0. The van der Waals surface area contributed by atoms with Gasteiger partial charge in [-0.3, -0.25) is 0 Å². The normalized spacial score (nSPS) is 10.7. The van der Waals surface area contributed by atoms with Crippen LogP contribution in [0.4, 0.5) is 0 Å². The number of nitrogens with zero attached hydrogens (tertiary/aromatic N) is 1. The summed E-state index contributed by atoms with van der Waals surface area (Å²) in [5.74, 6) is 0.849. The molecular formula is C20H21NO2. The summed E-state index contributed by atoms with van der Waals surface area (Å²) in [5.41, 5.74) is 5.38. The number of aryl methyl sites for hydroxylation is 1. The third kappa shape index (κ3) is 3.30. The molecule has 1 heterocycles. The molecule has 1 aromatic heterocycles. The van der Waals surface area contributed by atoms with Crippen molar-refractivity contribution in [1.82, 2.24) is 4.57 Å². The summed E-state index contributed by atoms with van der Waals surface area (Å²) in [6.07, 6.45) is 0. The predicted molar refractivity (Wildman–Crippen MR) is 91.9 cm³/mol. The van der Waals surface area contributed by atoms with Gasteiger partial charge in [0, 0.05) is 17.1 Å². The Morgan fingerprint density at radius 2 is 1.65 bits per heavy atom. The average molecular weight is 307 g/mol. The largest absolute Gasteiger partial charge is 0.489 e. The monoisotopic (exact) mass is 307 g/mol. The number of rotatable bonds is 5. The first-order chi connectivity index (χ1) is 11.2. The van der Waals surface area contributed by atoms with E-state index in [2.05, 4.69) is 16.7 Å². The Kier molecular flexibility index (Phi) is 4.49. The summed E-state index contributed by atoms with van der Waals surface area (Å²) in [6.45, 7) is 4.71. The summed E-state index contributed by atoms with van der Waals surface area (Å²) in [7, 11) is 0. The Labute approximate surface area is 136 Å². The third-order valence-electron chi connectivity index (χ3n) is 4.05. The molecule has 1 N–H and O–H groups in total. The number of benzene rings is 2. The van der Waals surface area contributed by atoms with Crippen molar-refractivity contribution in [1.29, 1.82) is 0 Å². The van der Waals surface area contributed by atoms with E-state index >= 15 is 0 Å². The van der Waals surface area contributed by atoms with E-state index in [4.69, 9.17) is 4.74 Å². The van der Waals surface area contributed by atoms with E-state index in [0.717, 1.165) is 34.0 Å². The van der Waals surface area contributed by atoms with Crippen LogP contribution in [0.1, 0.15) is 22.5 Å². The van der Waals surface area contributed by atoms with Crippen molar-refractivity contribution in [3.63, 3.8) is 0 Å². The van der Waals surface area contributed by atoms with Crippen molar-refractivity contribution >= 4 is 0 Å². The smallest absolute Gasteiger partial charge is 0.119 e. The van der Waals surface area contributed by atoms with Gasteiger partial charge in [0.1, 0.15) is 12.4 Å². The Bertz CT molecular complexity index is 773. The van der Waals surface area contributed by atoms with Gasteiger partial charge in [0.15, 0.2) is 0 Å². The van der Waals surface area contributed by atoms with Gasteiger partial charge >= 0.3 is 0 Å². The molecular weight excluding hydrogens is 286 g/mol. The highest BCUT2D eigenvalue weighted by molar-refractivity contribution is 5.43. The lowest BCUT2D eigenvalue weighted by atomic mass is 10.2. The fourth-order valence-corrected chi connectivity index (χ4v) is 2.82. The van der Waals surface area contributed by atoms with Crippen molar-refractivity contribution in [2.45, 2.75) is 27.1 Å². The van der Waals surface area contributed by atoms with E-state index in [1.165, 1.54) is 0 Å².